The molecule has 1 unspecified atom stereocenters. The van der Waals surface area contributed by atoms with Crippen molar-refractivity contribution in [2.24, 2.45) is 5.92 Å². The predicted molar refractivity (Wildman–Crippen MR) is 123 cm³/mol. The maximum Gasteiger partial charge on any atom is 0.320 e. The van der Waals surface area contributed by atoms with Gasteiger partial charge in [-0.2, -0.15) is 0 Å². The zero-order valence-corrected chi connectivity index (χ0v) is 21.0. The Hall–Kier alpha value is -1.62. The Morgan fingerprint density at radius 3 is 1.55 bits per heavy atom. The van der Waals surface area contributed by atoms with Crippen molar-refractivity contribution in [2.45, 2.75) is 97.4 Å². The SMILES string of the molecule is CC(C)N1C(=O)N([Si](C(C)C)(C(C)C)C(C)C)C(c2ccccc2)(C(C)C)C1=O. The van der Waals surface area contributed by atoms with Crippen LogP contribution in [0.2, 0.25) is 16.6 Å². The van der Waals surface area contributed by atoms with Crippen LogP contribution in [0.3, 0.4) is 0 Å². The largest absolute Gasteiger partial charge is 0.333 e. The molecule has 0 saturated carbocycles. The van der Waals surface area contributed by atoms with Gasteiger partial charge in [-0.15, -0.1) is 0 Å². The second-order valence-corrected chi connectivity index (χ2v) is 15.7. The van der Waals surface area contributed by atoms with Gasteiger partial charge in [-0.1, -0.05) is 85.7 Å². The Morgan fingerprint density at radius 2 is 1.21 bits per heavy atom. The van der Waals surface area contributed by atoms with Crippen molar-refractivity contribution in [2.75, 3.05) is 0 Å². The monoisotopic (exact) mass is 416 g/mol. The fraction of sp³-hybridized carbons (Fsp3) is 0.667. The second kappa shape index (κ2) is 8.25. The number of rotatable bonds is 7. The molecule has 0 bridgehead atoms. The molecule has 1 heterocycles. The number of benzene rings is 1. The van der Waals surface area contributed by atoms with Crippen LogP contribution in [0, 0.1) is 5.92 Å². The van der Waals surface area contributed by atoms with Crippen LogP contribution < -0.4 is 0 Å². The molecule has 1 fully saturated rings. The van der Waals surface area contributed by atoms with Crippen LogP contribution in [0.4, 0.5) is 4.79 Å². The number of carbonyl (C=O) groups excluding carboxylic acids is 2. The Morgan fingerprint density at radius 1 is 0.759 bits per heavy atom. The van der Waals surface area contributed by atoms with Crippen molar-refractivity contribution >= 4 is 20.2 Å². The lowest BCUT2D eigenvalue weighted by atomic mass is 9.79. The summed E-state index contributed by atoms with van der Waals surface area (Å²) in [5.41, 5.74) is 0.970. The number of imide groups is 1. The molecule has 0 N–H and O–H groups in total. The average Bonchev–Trinajstić information content (AvgIpc) is 2.84. The molecule has 1 aliphatic heterocycles. The molecule has 0 spiro atoms. The smallest absolute Gasteiger partial charge is 0.320 e. The molecule has 1 aromatic carbocycles. The summed E-state index contributed by atoms with van der Waals surface area (Å²) in [4.78, 5) is 29.7. The van der Waals surface area contributed by atoms with Gasteiger partial charge in [-0.3, -0.25) is 9.69 Å². The highest BCUT2D eigenvalue weighted by atomic mass is 28.3. The maximum atomic E-state index is 14.1. The third kappa shape index (κ3) is 3.16. The zero-order chi connectivity index (χ0) is 22.3. The van der Waals surface area contributed by atoms with Gasteiger partial charge in [0.2, 0.25) is 0 Å². The minimum atomic E-state index is -2.45. The number of carbonyl (C=O) groups is 2. The first kappa shape index (κ1) is 23.7. The first-order valence-corrected chi connectivity index (χ1v) is 13.3. The summed E-state index contributed by atoms with van der Waals surface area (Å²) in [6.45, 7) is 21.6. The van der Waals surface area contributed by atoms with Gasteiger partial charge in [0.05, 0.1) is 0 Å². The summed E-state index contributed by atoms with van der Waals surface area (Å²) in [5.74, 6) is -0.0919. The van der Waals surface area contributed by atoms with Crippen LogP contribution >= 0.6 is 0 Å². The summed E-state index contributed by atoms with van der Waals surface area (Å²) < 4.78 is 2.14. The molecule has 3 amide bonds. The third-order valence-electron chi connectivity index (χ3n) is 7.02. The number of hydrogen-bond acceptors (Lipinski definition) is 2. The van der Waals surface area contributed by atoms with Gasteiger partial charge in [-0.25, -0.2) is 4.79 Å². The normalized spacial score (nSPS) is 21.1. The van der Waals surface area contributed by atoms with E-state index in [0.29, 0.717) is 16.6 Å². The maximum absolute atomic E-state index is 14.1. The van der Waals surface area contributed by atoms with E-state index >= 15 is 0 Å². The zero-order valence-electron chi connectivity index (χ0n) is 20.0. The van der Waals surface area contributed by atoms with E-state index in [1.54, 1.807) is 0 Å². The van der Waals surface area contributed by atoms with E-state index in [-0.39, 0.29) is 23.9 Å². The lowest BCUT2D eigenvalue weighted by Crippen LogP contribution is -2.68. The standard InChI is InChI=1S/C24H40N2O2Si/c1-16(2)24(21-14-12-11-13-15-21)22(27)25(17(3)4)23(28)26(24)29(18(5)6,19(7)8)20(9)10/h11-20H,1-10H3. The first-order chi connectivity index (χ1) is 13.4. The van der Waals surface area contributed by atoms with Crippen LogP contribution in [0.5, 0.6) is 0 Å². The quantitative estimate of drug-likeness (QED) is 0.382. The van der Waals surface area contributed by atoms with E-state index in [1.807, 2.05) is 44.2 Å². The number of nitrogens with zero attached hydrogens (tertiary/aromatic N) is 2. The van der Waals surface area contributed by atoms with Crippen molar-refractivity contribution < 1.29 is 9.59 Å². The molecule has 2 rings (SSSR count). The Bertz CT molecular complexity index is 721. The Kier molecular flexibility index (Phi) is 6.73. The van der Waals surface area contributed by atoms with Gasteiger partial charge >= 0.3 is 6.03 Å². The molecule has 5 heteroatoms. The van der Waals surface area contributed by atoms with Crippen LogP contribution in [-0.2, 0) is 10.3 Å². The van der Waals surface area contributed by atoms with Crippen molar-refractivity contribution in [3.05, 3.63) is 35.9 Å². The Labute approximate surface area is 178 Å². The minimum Gasteiger partial charge on any atom is -0.333 e. The summed E-state index contributed by atoms with van der Waals surface area (Å²) in [6, 6.07) is 9.74. The van der Waals surface area contributed by atoms with Crippen molar-refractivity contribution in [1.82, 2.24) is 9.47 Å². The molecular weight excluding hydrogens is 376 g/mol. The molecule has 1 aromatic rings. The third-order valence-corrected chi connectivity index (χ3v) is 13.9. The molecular formula is C24H40N2O2Si. The van der Waals surface area contributed by atoms with Gasteiger partial charge in [0, 0.05) is 6.04 Å². The predicted octanol–water partition coefficient (Wildman–Crippen LogP) is 6.39. The molecule has 1 atom stereocenters. The van der Waals surface area contributed by atoms with Crippen LogP contribution in [0.1, 0.15) is 74.8 Å². The van der Waals surface area contributed by atoms with E-state index in [2.05, 4.69) is 60.0 Å². The number of amides is 3. The van der Waals surface area contributed by atoms with Gasteiger partial charge < -0.3 is 4.57 Å². The summed E-state index contributed by atoms with van der Waals surface area (Å²) in [5, 5.41) is 0. The molecule has 0 aromatic heterocycles. The second-order valence-electron chi connectivity index (χ2n) is 10.0. The Balaban J connectivity index is 3.01. The molecule has 1 aliphatic rings. The van der Waals surface area contributed by atoms with Crippen molar-refractivity contribution in [3.8, 4) is 0 Å². The average molecular weight is 417 g/mol. The minimum absolute atomic E-state index is 0.0341. The molecule has 162 valence electrons. The van der Waals surface area contributed by atoms with Gasteiger partial charge in [0.25, 0.3) is 5.91 Å². The number of urea groups is 1. The molecule has 4 nitrogen and oxygen atoms in total. The van der Waals surface area contributed by atoms with Crippen LogP contribution in [-0.4, -0.2) is 35.7 Å². The van der Waals surface area contributed by atoms with Gasteiger partial charge in [-0.05, 0) is 42.0 Å². The van der Waals surface area contributed by atoms with Gasteiger partial charge in [0.1, 0.15) is 5.54 Å². The van der Waals surface area contributed by atoms with Crippen LogP contribution in [0.25, 0.3) is 0 Å². The highest BCUT2D eigenvalue weighted by Gasteiger charge is 2.68. The summed E-state index contributed by atoms with van der Waals surface area (Å²) in [6.07, 6.45) is 0. The van der Waals surface area contributed by atoms with E-state index in [1.165, 1.54) is 4.90 Å². The summed E-state index contributed by atoms with van der Waals surface area (Å²) >= 11 is 0. The molecule has 0 aliphatic carbocycles. The summed E-state index contributed by atoms with van der Waals surface area (Å²) in [7, 11) is -2.45. The van der Waals surface area contributed by atoms with Crippen LogP contribution in [0.15, 0.2) is 30.3 Å². The van der Waals surface area contributed by atoms with E-state index in [4.69, 9.17) is 0 Å². The van der Waals surface area contributed by atoms with E-state index in [0.717, 1.165) is 5.56 Å². The highest BCUT2D eigenvalue weighted by Crippen LogP contribution is 2.55. The fourth-order valence-corrected chi connectivity index (χ4v) is 13.2. The van der Waals surface area contributed by atoms with Crippen molar-refractivity contribution in [3.63, 3.8) is 0 Å². The van der Waals surface area contributed by atoms with Crippen molar-refractivity contribution in [1.29, 1.82) is 0 Å². The lowest BCUT2D eigenvalue weighted by Gasteiger charge is -2.55. The lowest BCUT2D eigenvalue weighted by molar-refractivity contribution is -0.136. The van der Waals surface area contributed by atoms with E-state index < -0.39 is 13.8 Å². The number of hydrogen-bond donors (Lipinski definition) is 0. The highest BCUT2D eigenvalue weighted by molar-refractivity contribution is 6.83. The molecule has 29 heavy (non-hydrogen) atoms. The first-order valence-electron chi connectivity index (χ1n) is 11.1. The topological polar surface area (TPSA) is 40.6 Å². The van der Waals surface area contributed by atoms with Gasteiger partial charge in [0.15, 0.2) is 8.24 Å². The van der Waals surface area contributed by atoms with E-state index in [9.17, 15) is 9.59 Å². The fourth-order valence-electron chi connectivity index (χ4n) is 6.11. The molecule has 1 saturated heterocycles. The molecule has 0 radical (unpaired) electrons.